The molecule has 1 saturated heterocycles. The Balaban J connectivity index is 1.94. The molecule has 3 heteroatoms. The molecule has 1 unspecified atom stereocenters. The Labute approximate surface area is 95.4 Å². The average molecular weight is 220 g/mol. The molecule has 1 fully saturated rings. The highest BCUT2D eigenvalue weighted by Crippen LogP contribution is 2.15. The third-order valence-corrected chi connectivity index (χ3v) is 2.66. The zero-order chi connectivity index (χ0) is 11.4. The van der Waals surface area contributed by atoms with Gasteiger partial charge in [-0.2, -0.15) is 0 Å². The molecule has 1 heterocycles. The lowest BCUT2D eigenvalue weighted by molar-refractivity contribution is -0.130. The highest BCUT2D eigenvalue weighted by molar-refractivity contribution is 5.89. The zero-order valence-electron chi connectivity index (χ0n) is 9.44. The van der Waals surface area contributed by atoms with Crippen LogP contribution in [0.15, 0.2) is 24.3 Å². The first-order valence-electron chi connectivity index (χ1n) is 5.65. The van der Waals surface area contributed by atoms with Crippen molar-refractivity contribution in [1.29, 1.82) is 0 Å². The maximum atomic E-state index is 11.7. The molecule has 1 atom stereocenters. The minimum Gasteiger partial charge on any atom is -0.432 e. The second kappa shape index (κ2) is 5.12. The predicted molar refractivity (Wildman–Crippen MR) is 60.2 cm³/mol. The predicted octanol–water partition coefficient (Wildman–Crippen LogP) is 2.68. The van der Waals surface area contributed by atoms with Crippen molar-refractivity contribution < 1.29 is 14.3 Å². The van der Waals surface area contributed by atoms with E-state index in [1.165, 1.54) is 0 Å². The number of hydrogen-bond donors (Lipinski definition) is 0. The fraction of sp³-hybridized carbons (Fsp3) is 0.462. The minimum atomic E-state index is -0.359. The Morgan fingerprint density at radius 1 is 1.31 bits per heavy atom. The zero-order valence-corrected chi connectivity index (χ0v) is 9.44. The number of carbonyl (C=O) groups excluding carboxylic acids is 1. The lowest BCUT2D eigenvalue weighted by atomic mass is 10.1. The van der Waals surface area contributed by atoms with E-state index in [-0.39, 0.29) is 12.3 Å². The summed E-state index contributed by atoms with van der Waals surface area (Å²) in [7, 11) is 0. The van der Waals surface area contributed by atoms with Crippen molar-refractivity contribution in [2.24, 2.45) is 0 Å². The van der Waals surface area contributed by atoms with Crippen LogP contribution in [0.4, 0.5) is 0 Å². The Morgan fingerprint density at radius 2 is 2.06 bits per heavy atom. The van der Waals surface area contributed by atoms with Gasteiger partial charge in [0.2, 0.25) is 6.29 Å². The number of aryl methyl sites for hydroxylation is 1. The van der Waals surface area contributed by atoms with Crippen LogP contribution in [-0.2, 0) is 9.47 Å². The Morgan fingerprint density at radius 3 is 2.69 bits per heavy atom. The van der Waals surface area contributed by atoms with Crippen LogP contribution in [0.1, 0.15) is 35.2 Å². The molecule has 1 aliphatic heterocycles. The van der Waals surface area contributed by atoms with Gasteiger partial charge in [0.15, 0.2) is 0 Å². The van der Waals surface area contributed by atoms with Crippen LogP contribution in [0.25, 0.3) is 0 Å². The molecule has 16 heavy (non-hydrogen) atoms. The minimum absolute atomic E-state index is 0.299. The molecule has 0 saturated carbocycles. The summed E-state index contributed by atoms with van der Waals surface area (Å²) in [6.45, 7) is 2.67. The van der Waals surface area contributed by atoms with E-state index in [4.69, 9.17) is 9.47 Å². The maximum Gasteiger partial charge on any atom is 0.340 e. The molecule has 0 bridgehead atoms. The summed E-state index contributed by atoms with van der Waals surface area (Å²) in [5.41, 5.74) is 1.71. The van der Waals surface area contributed by atoms with Gasteiger partial charge in [0, 0.05) is 6.42 Å². The smallest absolute Gasteiger partial charge is 0.340 e. The highest BCUT2D eigenvalue weighted by Gasteiger charge is 2.18. The summed E-state index contributed by atoms with van der Waals surface area (Å²) in [5.74, 6) is -0.299. The van der Waals surface area contributed by atoms with Crippen molar-refractivity contribution in [3.63, 3.8) is 0 Å². The van der Waals surface area contributed by atoms with Crippen molar-refractivity contribution in [1.82, 2.24) is 0 Å². The molecular formula is C13H16O3. The molecule has 1 aliphatic rings. The van der Waals surface area contributed by atoms with Crippen LogP contribution in [0.5, 0.6) is 0 Å². The number of ether oxygens (including phenoxy) is 2. The second-order valence-corrected chi connectivity index (χ2v) is 4.07. The second-order valence-electron chi connectivity index (χ2n) is 4.07. The first-order valence-corrected chi connectivity index (χ1v) is 5.65. The fourth-order valence-corrected chi connectivity index (χ4v) is 1.68. The van der Waals surface area contributed by atoms with Gasteiger partial charge in [0.1, 0.15) is 0 Å². The molecule has 0 spiro atoms. The third-order valence-electron chi connectivity index (χ3n) is 2.66. The van der Waals surface area contributed by atoms with E-state index in [1.54, 1.807) is 12.1 Å². The first-order chi connectivity index (χ1) is 7.75. The molecule has 0 aliphatic carbocycles. The quantitative estimate of drug-likeness (QED) is 0.719. The number of carbonyl (C=O) groups is 1. The van der Waals surface area contributed by atoms with Gasteiger partial charge in [-0.05, 0) is 31.9 Å². The summed E-state index contributed by atoms with van der Waals surface area (Å²) < 4.78 is 10.6. The SMILES string of the molecule is Cc1ccc(C(=O)OC2CCCCO2)cc1. The molecule has 86 valence electrons. The van der Waals surface area contributed by atoms with E-state index < -0.39 is 0 Å². The van der Waals surface area contributed by atoms with Gasteiger partial charge in [-0.3, -0.25) is 0 Å². The summed E-state index contributed by atoms with van der Waals surface area (Å²) in [6.07, 6.45) is 2.56. The van der Waals surface area contributed by atoms with E-state index in [0.29, 0.717) is 12.2 Å². The van der Waals surface area contributed by atoms with Crippen LogP contribution in [-0.4, -0.2) is 18.9 Å². The van der Waals surface area contributed by atoms with Gasteiger partial charge in [-0.25, -0.2) is 4.79 Å². The van der Waals surface area contributed by atoms with Gasteiger partial charge in [0.05, 0.1) is 12.2 Å². The van der Waals surface area contributed by atoms with Crippen LogP contribution in [0.2, 0.25) is 0 Å². The molecule has 0 N–H and O–H groups in total. The van der Waals surface area contributed by atoms with E-state index in [0.717, 1.165) is 24.8 Å². The summed E-state index contributed by atoms with van der Waals surface area (Å²) in [6, 6.07) is 7.36. The molecule has 0 radical (unpaired) electrons. The van der Waals surface area contributed by atoms with Crippen molar-refractivity contribution >= 4 is 5.97 Å². The molecule has 0 aromatic heterocycles. The summed E-state index contributed by atoms with van der Waals surface area (Å²) >= 11 is 0. The van der Waals surface area contributed by atoms with Gasteiger partial charge >= 0.3 is 5.97 Å². The van der Waals surface area contributed by atoms with Crippen LogP contribution in [0, 0.1) is 6.92 Å². The number of rotatable bonds is 2. The maximum absolute atomic E-state index is 11.7. The first kappa shape index (κ1) is 11.1. The van der Waals surface area contributed by atoms with Crippen LogP contribution >= 0.6 is 0 Å². The lowest BCUT2D eigenvalue weighted by Crippen LogP contribution is -2.25. The Hall–Kier alpha value is -1.35. The average Bonchev–Trinajstić information content (AvgIpc) is 2.31. The monoisotopic (exact) mass is 220 g/mol. The van der Waals surface area contributed by atoms with Crippen molar-refractivity contribution in [3.8, 4) is 0 Å². The third kappa shape index (κ3) is 2.83. The number of benzene rings is 1. The van der Waals surface area contributed by atoms with E-state index in [2.05, 4.69) is 0 Å². The Bertz CT molecular complexity index is 350. The molecular weight excluding hydrogens is 204 g/mol. The number of hydrogen-bond acceptors (Lipinski definition) is 3. The van der Waals surface area contributed by atoms with E-state index in [9.17, 15) is 4.79 Å². The van der Waals surface area contributed by atoms with Crippen molar-refractivity contribution in [3.05, 3.63) is 35.4 Å². The highest BCUT2D eigenvalue weighted by atomic mass is 16.7. The summed E-state index contributed by atoms with van der Waals surface area (Å²) in [4.78, 5) is 11.7. The molecule has 1 aromatic rings. The molecule has 0 amide bonds. The van der Waals surface area contributed by atoms with Gasteiger partial charge < -0.3 is 9.47 Å². The van der Waals surface area contributed by atoms with Crippen LogP contribution in [0.3, 0.4) is 0 Å². The lowest BCUT2D eigenvalue weighted by Gasteiger charge is -2.22. The van der Waals surface area contributed by atoms with Crippen molar-refractivity contribution in [2.75, 3.05) is 6.61 Å². The topological polar surface area (TPSA) is 35.5 Å². The van der Waals surface area contributed by atoms with E-state index in [1.807, 2.05) is 19.1 Å². The molecule has 2 rings (SSSR count). The van der Waals surface area contributed by atoms with Gasteiger partial charge in [0.25, 0.3) is 0 Å². The standard InChI is InChI=1S/C13H16O3/c1-10-5-7-11(8-6-10)13(14)16-12-4-2-3-9-15-12/h5-8,12H,2-4,9H2,1H3. The Kier molecular flexibility index (Phi) is 3.57. The molecule has 3 nitrogen and oxygen atoms in total. The fourth-order valence-electron chi connectivity index (χ4n) is 1.68. The van der Waals surface area contributed by atoms with Crippen molar-refractivity contribution in [2.45, 2.75) is 32.5 Å². The normalized spacial score (nSPS) is 20.4. The summed E-state index contributed by atoms with van der Waals surface area (Å²) in [5, 5.41) is 0. The van der Waals surface area contributed by atoms with Crippen LogP contribution < -0.4 is 0 Å². The van der Waals surface area contributed by atoms with E-state index >= 15 is 0 Å². The van der Waals surface area contributed by atoms with Gasteiger partial charge in [-0.1, -0.05) is 17.7 Å². The number of esters is 1. The largest absolute Gasteiger partial charge is 0.432 e. The van der Waals surface area contributed by atoms with Gasteiger partial charge in [-0.15, -0.1) is 0 Å². The molecule has 1 aromatic carbocycles.